The smallest absolute Gasteiger partial charge is 0.182 e. The van der Waals surface area contributed by atoms with Crippen molar-refractivity contribution in [3.05, 3.63) is 22.5 Å². The predicted octanol–water partition coefficient (Wildman–Crippen LogP) is 1.98. The highest BCUT2D eigenvalue weighted by molar-refractivity contribution is 6.32. The van der Waals surface area contributed by atoms with Crippen LogP contribution in [0.15, 0.2) is 6.07 Å². The molecule has 0 aliphatic heterocycles. The van der Waals surface area contributed by atoms with Crippen molar-refractivity contribution in [3.8, 4) is 11.5 Å². The molecule has 0 radical (unpaired) electrons. The van der Waals surface area contributed by atoms with Gasteiger partial charge in [-0.05, 0) is 6.07 Å². The van der Waals surface area contributed by atoms with E-state index >= 15 is 0 Å². The Bertz CT molecular complexity index is 360. The molecular weight excluding hydrogens is 225 g/mol. The van der Waals surface area contributed by atoms with E-state index in [1.165, 1.54) is 20.3 Å². The van der Waals surface area contributed by atoms with Crippen LogP contribution < -0.4 is 15.0 Å². The fourth-order valence-electron chi connectivity index (χ4n) is 1.19. The summed E-state index contributed by atoms with van der Waals surface area (Å²) in [6, 6.07) is 1.41. The van der Waals surface area contributed by atoms with E-state index in [0.29, 0.717) is 5.75 Å². The minimum atomic E-state index is -0.643. The molecule has 1 rings (SSSR count). The summed E-state index contributed by atoms with van der Waals surface area (Å²) in [6.45, 7) is -0.0636. The fraction of sp³-hybridized carbons (Fsp3) is 0.333. The molecule has 2 N–H and O–H groups in total. The first-order chi connectivity index (χ1) is 7.15. The lowest BCUT2D eigenvalue weighted by Crippen LogP contribution is -2.09. The zero-order valence-corrected chi connectivity index (χ0v) is 9.06. The average molecular weight is 236 g/mol. The second kappa shape index (κ2) is 5.16. The molecule has 1 aromatic rings. The zero-order valence-electron chi connectivity index (χ0n) is 8.30. The molecule has 4 nitrogen and oxygen atoms in total. The molecule has 0 unspecified atom stereocenters. The van der Waals surface area contributed by atoms with Crippen molar-refractivity contribution in [1.82, 2.24) is 5.48 Å². The normalized spacial score (nSPS) is 10.2. The van der Waals surface area contributed by atoms with Crippen LogP contribution in [0.1, 0.15) is 5.56 Å². The van der Waals surface area contributed by atoms with Gasteiger partial charge in [-0.1, -0.05) is 11.6 Å². The van der Waals surface area contributed by atoms with E-state index in [-0.39, 0.29) is 22.9 Å². The molecule has 84 valence electrons. The molecular formula is C9H11ClFNO3. The van der Waals surface area contributed by atoms with Gasteiger partial charge in [0.05, 0.1) is 14.2 Å². The molecule has 15 heavy (non-hydrogen) atoms. The number of methoxy groups -OCH3 is 2. The van der Waals surface area contributed by atoms with E-state index in [1.807, 2.05) is 5.48 Å². The standard InChI is InChI=1S/C9H11ClFNO3/c1-14-6-3-5(4-12-13)8(11)7(10)9(6)15-2/h3,12-13H,4H2,1-2H3. The molecule has 0 saturated heterocycles. The van der Waals surface area contributed by atoms with Gasteiger partial charge in [0, 0.05) is 12.1 Å². The SMILES string of the molecule is COc1cc(CNO)c(F)c(Cl)c1OC. The molecule has 6 heteroatoms. The number of halogens is 2. The van der Waals surface area contributed by atoms with Crippen molar-refractivity contribution in [3.63, 3.8) is 0 Å². The summed E-state index contributed by atoms with van der Waals surface area (Å²) in [5, 5.41) is 8.33. The van der Waals surface area contributed by atoms with E-state index in [0.717, 1.165) is 0 Å². The second-order valence-corrected chi connectivity index (χ2v) is 3.11. The van der Waals surface area contributed by atoms with Gasteiger partial charge in [0.2, 0.25) is 0 Å². The Morgan fingerprint density at radius 3 is 2.60 bits per heavy atom. The Hall–Kier alpha value is -1.04. The molecule has 0 fully saturated rings. The molecule has 0 atom stereocenters. The number of hydrogen-bond acceptors (Lipinski definition) is 4. The molecule has 0 aliphatic rings. The maximum absolute atomic E-state index is 13.5. The van der Waals surface area contributed by atoms with E-state index in [1.54, 1.807) is 0 Å². The summed E-state index contributed by atoms with van der Waals surface area (Å²) in [7, 11) is 2.79. The molecule has 0 amide bonds. The van der Waals surface area contributed by atoms with E-state index in [4.69, 9.17) is 26.3 Å². The predicted molar refractivity (Wildman–Crippen MR) is 53.1 cm³/mol. The van der Waals surface area contributed by atoms with Gasteiger partial charge in [0.1, 0.15) is 10.8 Å². The van der Waals surface area contributed by atoms with Gasteiger partial charge < -0.3 is 14.7 Å². The number of ether oxygens (including phenoxy) is 2. The Kier molecular flexibility index (Phi) is 4.14. The van der Waals surface area contributed by atoms with E-state index < -0.39 is 5.82 Å². The largest absolute Gasteiger partial charge is 0.493 e. The van der Waals surface area contributed by atoms with Crippen LogP contribution in [0, 0.1) is 5.82 Å². The van der Waals surface area contributed by atoms with Crippen LogP contribution in [0.5, 0.6) is 11.5 Å². The van der Waals surface area contributed by atoms with Gasteiger partial charge in [-0.2, -0.15) is 0 Å². The quantitative estimate of drug-likeness (QED) is 0.784. The van der Waals surface area contributed by atoms with Crippen LogP contribution in [0.25, 0.3) is 0 Å². The third-order valence-electron chi connectivity index (χ3n) is 1.90. The van der Waals surface area contributed by atoms with E-state index in [2.05, 4.69) is 0 Å². The van der Waals surface area contributed by atoms with Crippen LogP contribution in [0.3, 0.4) is 0 Å². The van der Waals surface area contributed by atoms with E-state index in [9.17, 15) is 4.39 Å². The summed E-state index contributed by atoms with van der Waals surface area (Å²) in [5.74, 6) is -0.191. The van der Waals surface area contributed by atoms with Crippen LogP contribution in [-0.2, 0) is 6.54 Å². The van der Waals surface area contributed by atoms with Gasteiger partial charge >= 0.3 is 0 Å². The molecule has 0 spiro atoms. The first-order valence-corrected chi connectivity index (χ1v) is 4.49. The topological polar surface area (TPSA) is 50.7 Å². The van der Waals surface area contributed by atoms with Gasteiger partial charge in [-0.25, -0.2) is 9.87 Å². The van der Waals surface area contributed by atoms with Crippen molar-refractivity contribution in [2.45, 2.75) is 6.54 Å². The van der Waals surface area contributed by atoms with Gasteiger partial charge in [0.15, 0.2) is 11.5 Å². The van der Waals surface area contributed by atoms with Gasteiger partial charge in [-0.3, -0.25) is 0 Å². The van der Waals surface area contributed by atoms with Crippen molar-refractivity contribution in [2.75, 3.05) is 14.2 Å². The Morgan fingerprint density at radius 2 is 2.13 bits per heavy atom. The summed E-state index contributed by atoms with van der Waals surface area (Å²) in [6.07, 6.45) is 0. The zero-order chi connectivity index (χ0) is 11.4. The van der Waals surface area contributed by atoms with Crippen molar-refractivity contribution in [2.24, 2.45) is 0 Å². The summed E-state index contributed by atoms with van der Waals surface area (Å²) >= 11 is 5.73. The molecule has 1 aromatic carbocycles. The number of rotatable bonds is 4. The third-order valence-corrected chi connectivity index (χ3v) is 2.23. The van der Waals surface area contributed by atoms with Crippen LogP contribution >= 0.6 is 11.6 Å². The number of hydroxylamine groups is 1. The first kappa shape index (κ1) is 12.0. The van der Waals surface area contributed by atoms with Crippen LogP contribution in [0.2, 0.25) is 5.02 Å². The Morgan fingerprint density at radius 1 is 1.47 bits per heavy atom. The van der Waals surface area contributed by atoms with Crippen molar-refractivity contribution >= 4 is 11.6 Å². The molecule has 0 aliphatic carbocycles. The average Bonchev–Trinajstić information content (AvgIpc) is 2.24. The lowest BCUT2D eigenvalue weighted by Gasteiger charge is -2.12. The maximum atomic E-state index is 13.5. The Labute approximate surface area is 91.5 Å². The summed E-state index contributed by atoms with van der Waals surface area (Å²) in [5.41, 5.74) is 2.04. The third kappa shape index (κ3) is 2.31. The summed E-state index contributed by atoms with van der Waals surface area (Å²) < 4.78 is 23.4. The lowest BCUT2D eigenvalue weighted by atomic mass is 10.2. The highest BCUT2D eigenvalue weighted by atomic mass is 35.5. The van der Waals surface area contributed by atoms with Gasteiger partial charge in [0.25, 0.3) is 0 Å². The molecule has 0 heterocycles. The molecule has 0 bridgehead atoms. The molecule has 0 aromatic heterocycles. The minimum absolute atomic E-state index is 0.0636. The monoisotopic (exact) mass is 235 g/mol. The molecule has 0 saturated carbocycles. The number of benzene rings is 1. The van der Waals surface area contributed by atoms with Crippen LogP contribution in [-0.4, -0.2) is 19.4 Å². The Balaban J connectivity index is 3.29. The first-order valence-electron chi connectivity index (χ1n) is 4.11. The number of nitrogens with one attached hydrogen (secondary N) is 1. The maximum Gasteiger partial charge on any atom is 0.182 e. The fourth-order valence-corrected chi connectivity index (χ4v) is 1.48. The lowest BCUT2D eigenvalue weighted by molar-refractivity contribution is 0.160. The van der Waals surface area contributed by atoms with Gasteiger partial charge in [-0.15, -0.1) is 0 Å². The van der Waals surface area contributed by atoms with Crippen LogP contribution in [0.4, 0.5) is 4.39 Å². The second-order valence-electron chi connectivity index (χ2n) is 2.73. The number of hydrogen-bond donors (Lipinski definition) is 2. The van der Waals surface area contributed by atoms with Crippen molar-refractivity contribution in [1.29, 1.82) is 0 Å². The summed E-state index contributed by atoms with van der Waals surface area (Å²) in [4.78, 5) is 0. The highest BCUT2D eigenvalue weighted by Gasteiger charge is 2.17. The van der Waals surface area contributed by atoms with Crippen molar-refractivity contribution < 1.29 is 19.1 Å². The minimum Gasteiger partial charge on any atom is -0.493 e. The highest BCUT2D eigenvalue weighted by Crippen LogP contribution is 2.38.